The zero-order valence-electron chi connectivity index (χ0n) is 17.2. The van der Waals surface area contributed by atoms with Gasteiger partial charge in [0.15, 0.2) is 0 Å². The van der Waals surface area contributed by atoms with Gasteiger partial charge in [0, 0.05) is 5.41 Å². The van der Waals surface area contributed by atoms with Crippen molar-refractivity contribution in [2.45, 2.75) is 59.2 Å². The number of rotatable bonds is 9. The van der Waals surface area contributed by atoms with Crippen molar-refractivity contribution >= 4 is 11.9 Å². The molecule has 2 aromatic carbocycles. The first kappa shape index (κ1) is 21.7. The molecule has 0 amide bonds. The molecule has 4 heteroatoms. The zero-order chi connectivity index (χ0) is 20.6. The lowest BCUT2D eigenvalue weighted by Gasteiger charge is -2.39. The predicted molar refractivity (Wildman–Crippen MR) is 110 cm³/mol. The molecule has 150 valence electrons. The maximum Gasteiger partial charge on any atom is 0.338 e. The fourth-order valence-electron chi connectivity index (χ4n) is 3.36. The van der Waals surface area contributed by atoms with Crippen LogP contribution in [0.3, 0.4) is 0 Å². The summed E-state index contributed by atoms with van der Waals surface area (Å²) in [5.74, 6) is -0.707. The molecule has 0 fully saturated rings. The van der Waals surface area contributed by atoms with Crippen LogP contribution >= 0.6 is 0 Å². The van der Waals surface area contributed by atoms with E-state index in [0.29, 0.717) is 24.0 Å². The summed E-state index contributed by atoms with van der Waals surface area (Å²) in [5.41, 5.74) is 0.512. The SMILES string of the molecule is CCCC(OC(=O)c1ccccc1)C(C)(C)C(CC)OC(=O)c1ccccc1. The number of hydrogen-bond acceptors (Lipinski definition) is 4. The average Bonchev–Trinajstić information content (AvgIpc) is 2.72. The molecule has 0 saturated heterocycles. The Kier molecular flexibility index (Phi) is 7.80. The van der Waals surface area contributed by atoms with Crippen LogP contribution < -0.4 is 0 Å². The molecular weight excluding hydrogens is 352 g/mol. The van der Waals surface area contributed by atoms with E-state index < -0.39 is 5.41 Å². The van der Waals surface area contributed by atoms with Crippen LogP contribution in [0.1, 0.15) is 67.7 Å². The summed E-state index contributed by atoms with van der Waals surface area (Å²) in [6.07, 6.45) is 1.46. The molecule has 0 aliphatic rings. The van der Waals surface area contributed by atoms with Crippen molar-refractivity contribution in [3.05, 3.63) is 71.8 Å². The van der Waals surface area contributed by atoms with Crippen molar-refractivity contribution in [3.8, 4) is 0 Å². The largest absolute Gasteiger partial charge is 0.458 e. The van der Waals surface area contributed by atoms with Crippen LogP contribution in [-0.4, -0.2) is 24.1 Å². The lowest BCUT2D eigenvalue weighted by Crippen LogP contribution is -2.45. The van der Waals surface area contributed by atoms with E-state index >= 15 is 0 Å². The van der Waals surface area contributed by atoms with Crippen molar-refractivity contribution in [3.63, 3.8) is 0 Å². The normalized spacial score (nSPS) is 13.4. The maximum atomic E-state index is 12.6. The molecule has 0 aromatic heterocycles. The number of carbonyl (C=O) groups is 2. The Morgan fingerprint density at radius 3 is 1.61 bits per heavy atom. The van der Waals surface area contributed by atoms with Crippen molar-refractivity contribution < 1.29 is 19.1 Å². The Morgan fingerprint density at radius 1 is 0.786 bits per heavy atom. The summed E-state index contributed by atoms with van der Waals surface area (Å²) in [5, 5.41) is 0. The van der Waals surface area contributed by atoms with E-state index in [4.69, 9.17) is 9.47 Å². The average molecular weight is 383 g/mol. The van der Waals surface area contributed by atoms with Crippen molar-refractivity contribution in [1.29, 1.82) is 0 Å². The van der Waals surface area contributed by atoms with Gasteiger partial charge in [0.1, 0.15) is 12.2 Å². The van der Waals surface area contributed by atoms with E-state index in [0.717, 1.165) is 6.42 Å². The molecule has 0 aliphatic heterocycles. The Balaban J connectivity index is 2.17. The van der Waals surface area contributed by atoms with E-state index in [1.807, 2.05) is 57.2 Å². The van der Waals surface area contributed by atoms with Gasteiger partial charge in [-0.3, -0.25) is 0 Å². The highest BCUT2D eigenvalue weighted by molar-refractivity contribution is 5.90. The molecule has 2 atom stereocenters. The Morgan fingerprint density at radius 2 is 1.21 bits per heavy atom. The van der Waals surface area contributed by atoms with Crippen LogP contribution in [0.15, 0.2) is 60.7 Å². The van der Waals surface area contributed by atoms with Gasteiger partial charge >= 0.3 is 11.9 Å². The molecule has 28 heavy (non-hydrogen) atoms. The van der Waals surface area contributed by atoms with E-state index in [9.17, 15) is 9.59 Å². The Labute approximate surface area is 167 Å². The van der Waals surface area contributed by atoms with Gasteiger partial charge in [-0.15, -0.1) is 0 Å². The van der Waals surface area contributed by atoms with E-state index in [1.165, 1.54) is 0 Å². The number of carbonyl (C=O) groups excluding carboxylic acids is 2. The minimum Gasteiger partial charge on any atom is -0.458 e. The number of ether oxygens (including phenoxy) is 2. The van der Waals surface area contributed by atoms with Crippen molar-refractivity contribution in [2.24, 2.45) is 5.41 Å². The summed E-state index contributed by atoms with van der Waals surface area (Å²) in [6, 6.07) is 17.9. The summed E-state index contributed by atoms with van der Waals surface area (Å²) >= 11 is 0. The first-order valence-corrected chi connectivity index (χ1v) is 9.92. The second-order valence-electron chi connectivity index (χ2n) is 7.54. The molecule has 2 rings (SSSR count). The smallest absolute Gasteiger partial charge is 0.338 e. The fourth-order valence-corrected chi connectivity index (χ4v) is 3.36. The third kappa shape index (κ3) is 5.44. The first-order valence-electron chi connectivity index (χ1n) is 9.92. The monoisotopic (exact) mass is 382 g/mol. The molecule has 0 spiro atoms. The molecule has 0 saturated carbocycles. The van der Waals surface area contributed by atoms with Crippen LogP contribution in [0.5, 0.6) is 0 Å². The molecule has 0 heterocycles. The van der Waals surface area contributed by atoms with E-state index in [-0.39, 0.29) is 24.1 Å². The number of hydrogen-bond donors (Lipinski definition) is 0. The minimum atomic E-state index is -0.528. The third-order valence-corrected chi connectivity index (χ3v) is 5.10. The summed E-state index contributed by atoms with van der Waals surface area (Å²) in [7, 11) is 0. The van der Waals surface area contributed by atoms with E-state index in [2.05, 4.69) is 6.92 Å². The van der Waals surface area contributed by atoms with Gasteiger partial charge in [-0.25, -0.2) is 9.59 Å². The van der Waals surface area contributed by atoms with Gasteiger partial charge < -0.3 is 9.47 Å². The minimum absolute atomic E-state index is 0.351. The molecule has 4 nitrogen and oxygen atoms in total. The van der Waals surface area contributed by atoms with Crippen LogP contribution in [0.4, 0.5) is 0 Å². The molecule has 0 radical (unpaired) electrons. The van der Waals surface area contributed by atoms with Crippen molar-refractivity contribution in [2.75, 3.05) is 0 Å². The Bertz CT molecular complexity index is 753. The van der Waals surface area contributed by atoms with Crippen LogP contribution in [0, 0.1) is 5.41 Å². The molecular formula is C24H30O4. The second-order valence-corrected chi connectivity index (χ2v) is 7.54. The molecule has 0 N–H and O–H groups in total. The first-order chi connectivity index (χ1) is 13.4. The highest BCUT2D eigenvalue weighted by Crippen LogP contribution is 2.35. The highest BCUT2D eigenvalue weighted by atomic mass is 16.6. The predicted octanol–water partition coefficient (Wildman–Crippen LogP) is 5.67. The van der Waals surface area contributed by atoms with E-state index in [1.54, 1.807) is 24.3 Å². The van der Waals surface area contributed by atoms with Crippen LogP contribution in [0.25, 0.3) is 0 Å². The number of esters is 2. The highest BCUT2D eigenvalue weighted by Gasteiger charge is 2.41. The van der Waals surface area contributed by atoms with Crippen LogP contribution in [0.2, 0.25) is 0 Å². The fraction of sp³-hybridized carbons (Fsp3) is 0.417. The van der Waals surface area contributed by atoms with Gasteiger partial charge in [-0.1, -0.05) is 70.5 Å². The third-order valence-electron chi connectivity index (χ3n) is 5.10. The maximum absolute atomic E-state index is 12.6. The molecule has 2 aromatic rings. The lowest BCUT2D eigenvalue weighted by atomic mass is 9.77. The van der Waals surface area contributed by atoms with Crippen molar-refractivity contribution in [1.82, 2.24) is 0 Å². The quantitative estimate of drug-likeness (QED) is 0.524. The summed E-state index contributed by atoms with van der Waals surface area (Å²) in [6.45, 7) is 8.03. The van der Waals surface area contributed by atoms with Gasteiger partial charge in [0.2, 0.25) is 0 Å². The van der Waals surface area contributed by atoms with Gasteiger partial charge in [0.25, 0.3) is 0 Å². The summed E-state index contributed by atoms with van der Waals surface area (Å²) in [4.78, 5) is 25.2. The Hall–Kier alpha value is -2.62. The second kappa shape index (κ2) is 10.1. The molecule has 0 bridgehead atoms. The zero-order valence-corrected chi connectivity index (χ0v) is 17.2. The van der Waals surface area contributed by atoms with Gasteiger partial charge in [-0.05, 0) is 37.1 Å². The standard InChI is InChI=1S/C24H30O4/c1-5-13-21(28-23(26)19-16-11-8-12-17-19)24(3,4)20(6-2)27-22(25)18-14-9-7-10-15-18/h7-12,14-17,20-21H,5-6,13H2,1-4H3. The topological polar surface area (TPSA) is 52.6 Å². The molecule has 2 unspecified atom stereocenters. The summed E-state index contributed by atoms with van der Waals surface area (Å²) < 4.78 is 11.7. The lowest BCUT2D eigenvalue weighted by molar-refractivity contribution is -0.0756. The molecule has 0 aliphatic carbocycles. The van der Waals surface area contributed by atoms with Gasteiger partial charge in [-0.2, -0.15) is 0 Å². The van der Waals surface area contributed by atoms with Crippen LogP contribution in [-0.2, 0) is 9.47 Å². The number of benzene rings is 2. The van der Waals surface area contributed by atoms with Gasteiger partial charge in [0.05, 0.1) is 11.1 Å².